The van der Waals surface area contributed by atoms with Crippen LogP contribution in [0.15, 0.2) is 64.8 Å². The highest BCUT2D eigenvalue weighted by atomic mass is 79.9. The molecule has 1 N–H and O–H groups in total. The van der Waals surface area contributed by atoms with Crippen LogP contribution < -0.4 is 0 Å². The number of amides is 1. The van der Waals surface area contributed by atoms with Crippen LogP contribution in [0.25, 0.3) is 10.8 Å². The van der Waals surface area contributed by atoms with Gasteiger partial charge in [-0.1, -0.05) is 61.9 Å². The summed E-state index contributed by atoms with van der Waals surface area (Å²) in [6, 6.07) is 13.3. The average molecular weight is 454 g/mol. The first-order chi connectivity index (χ1) is 14.0. The number of ketones is 1. The molecule has 4 rings (SSSR count). The van der Waals surface area contributed by atoms with Crippen LogP contribution in [-0.4, -0.2) is 33.8 Å². The summed E-state index contributed by atoms with van der Waals surface area (Å²) in [6.45, 7) is 2.62. The molecule has 0 saturated carbocycles. The number of Topliss-reactive ketones (excluding diaryl/α,β-unsaturated/α-hetero) is 1. The quantitative estimate of drug-likeness (QED) is 0.628. The summed E-state index contributed by atoms with van der Waals surface area (Å²) in [5.74, 6) is -0.981. The number of rotatable bonds is 6. The van der Waals surface area contributed by atoms with Gasteiger partial charge in [-0.3, -0.25) is 9.59 Å². The number of hydrogen-bond acceptors (Lipinski definition) is 3. The lowest BCUT2D eigenvalue weighted by Gasteiger charge is -2.27. The first-order valence-electron chi connectivity index (χ1n) is 10.1. The minimum atomic E-state index is -1.71. The van der Waals surface area contributed by atoms with E-state index in [4.69, 9.17) is 0 Å². The molecule has 2 aromatic rings. The van der Waals surface area contributed by atoms with E-state index in [0.29, 0.717) is 18.5 Å². The standard InChI is InChI=1S/C24H24BrNO3/c1-2-3-13-26-22-19(9-6-10-20(22)25)24(29,23(26)28)15-21(27)18-12-11-16-7-4-5-8-17(16)14-18/h4-8,10-12,14,19,29H,2-3,9,13,15H2,1H3. The molecule has 1 aliphatic heterocycles. The summed E-state index contributed by atoms with van der Waals surface area (Å²) in [7, 11) is 0. The van der Waals surface area contributed by atoms with Gasteiger partial charge in [0, 0.05) is 34.6 Å². The molecule has 2 aromatic carbocycles. The van der Waals surface area contributed by atoms with Crippen LogP contribution in [0.2, 0.25) is 0 Å². The van der Waals surface area contributed by atoms with Crippen molar-refractivity contribution in [1.29, 1.82) is 0 Å². The van der Waals surface area contributed by atoms with E-state index in [0.717, 1.165) is 33.8 Å². The molecule has 1 fully saturated rings. The number of hydrogen-bond donors (Lipinski definition) is 1. The lowest BCUT2D eigenvalue weighted by atomic mass is 9.79. The topological polar surface area (TPSA) is 57.6 Å². The van der Waals surface area contributed by atoms with E-state index in [9.17, 15) is 14.7 Å². The first-order valence-corrected chi connectivity index (χ1v) is 10.9. The molecule has 2 unspecified atom stereocenters. The van der Waals surface area contributed by atoms with Crippen molar-refractivity contribution < 1.29 is 14.7 Å². The van der Waals surface area contributed by atoms with E-state index in [1.807, 2.05) is 48.6 Å². The molecule has 0 radical (unpaired) electrons. The number of aliphatic hydroxyl groups is 1. The summed E-state index contributed by atoms with van der Waals surface area (Å²) >= 11 is 3.55. The Labute approximate surface area is 179 Å². The molecular formula is C24H24BrNO3. The van der Waals surface area contributed by atoms with Crippen LogP contribution in [0.3, 0.4) is 0 Å². The van der Waals surface area contributed by atoms with Gasteiger partial charge in [0.05, 0.1) is 0 Å². The zero-order valence-corrected chi connectivity index (χ0v) is 18.0. The second-order valence-corrected chi connectivity index (χ2v) is 8.67. The largest absolute Gasteiger partial charge is 0.379 e. The van der Waals surface area contributed by atoms with Gasteiger partial charge in [-0.15, -0.1) is 0 Å². The third kappa shape index (κ3) is 3.47. The molecule has 0 bridgehead atoms. The third-order valence-corrected chi connectivity index (χ3v) is 6.60. The van der Waals surface area contributed by atoms with Gasteiger partial charge >= 0.3 is 0 Å². The maximum Gasteiger partial charge on any atom is 0.259 e. The summed E-state index contributed by atoms with van der Waals surface area (Å²) in [5.41, 5.74) is -0.386. The van der Waals surface area contributed by atoms with Gasteiger partial charge in [0.1, 0.15) is 0 Å². The number of carbonyl (C=O) groups is 2. The van der Waals surface area contributed by atoms with Crippen molar-refractivity contribution in [3.63, 3.8) is 0 Å². The van der Waals surface area contributed by atoms with Gasteiger partial charge in [0.2, 0.25) is 0 Å². The molecule has 5 heteroatoms. The first kappa shape index (κ1) is 20.0. The minimum Gasteiger partial charge on any atom is -0.379 e. The Morgan fingerprint density at radius 1 is 1.24 bits per heavy atom. The van der Waals surface area contributed by atoms with E-state index < -0.39 is 11.5 Å². The Morgan fingerprint density at radius 3 is 2.76 bits per heavy atom. The zero-order valence-electron chi connectivity index (χ0n) is 16.4. The molecule has 0 aromatic heterocycles. The Bertz CT molecular complexity index is 1040. The predicted molar refractivity (Wildman–Crippen MR) is 118 cm³/mol. The maximum atomic E-state index is 13.3. The Balaban J connectivity index is 1.66. The molecule has 2 atom stereocenters. The number of fused-ring (bicyclic) bond motifs is 2. The maximum absolute atomic E-state index is 13.3. The van der Waals surface area contributed by atoms with E-state index in [1.165, 1.54) is 0 Å². The van der Waals surface area contributed by atoms with Gasteiger partial charge < -0.3 is 10.0 Å². The van der Waals surface area contributed by atoms with Crippen LogP contribution in [0.1, 0.15) is 43.0 Å². The molecule has 150 valence electrons. The molecular weight excluding hydrogens is 430 g/mol. The number of allylic oxidation sites excluding steroid dienone is 3. The summed E-state index contributed by atoms with van der Waals surface area (Å²) < 4.78 is 0.812. The molecule has 1 amide bonds. The van der Waals surface area contributed by atoms with Gasteiger partial charge in [0.15, 0.2) is 11.4 Å². The molecule has 29 heavy (non-hydrogen) atoms. The molecule has 2 aliphatic rings. The van der Waals surface area contributed by atoms with Crippen LogP contribution in [0.4, 0.5) is 0 Å². The van der Waals surface area contributed by atoms with Crippen LogP contribution >= 0.6 is 15.9 Å². The number of unbranched alkanes of at least 4 members (excludes halogenated alkanes) is 1. The second-order valence-electron chi connectivity index (χ2n) is 7.82. The van der Waals surface area contributed by atoms with E-state index in [2.05, 4.69) is 22.9 Å². The fourth-order valence-electron chi connectivity index (χ4n) is 4.35. The summed E-state index contributed by atoms with van der Waals surface area (Å²) in [5, 5.41) is 13.5. The lowest BCUT2D eigenvalue weighted by molar-refractivity contribution is -0.144. The highest BCUT2D eigenvalue weighted by molar-refractivity contribution is 9.11. The van der Waals surface area contributed by atoms with E-state index in [-0.39, 0.29) is 18.1 Å². The number of nitrogens with zero attached hydrogens (tertiary/aromatic N) is 1. The fraction of sp³-hybridized carbons (Fsp3) is 0.333. The Kier molecular flexibility index (Phi) is 5.45. The van der Waals surface area contributed by atoms with Crippen molar-refractivity contribution in [3.05, 3.63) is 70.4 Å². The van der Waals surface area contributed by atoms with Crippen molar-refractivity contribution in [2.24, 2.45) is 5.92 Å². The van der Waals surface area contributed by atoms with E-state index in [1.54, 1.807) is 11.0 Å². The van der Waals surface area contributed by atoms with Crippen LogP contribution in [0, 0.1) is 5.92 Å². The minimum absolute atomic E-state index is 0.213. The monoisotopic (exact) mass is 453 g/mol. The van der Waals surface area contributed by atoms with Gasteiger partial charge in [-0.25, -0.2) is 0 Å². The number of likely N-dealkylation sites (tertiary alicyclic amines) is 1. The smallest absolute Gasteiger partial charge is 0.259 e. The highest BCUT2D eigenvalue weighted by Crippen LogP contribution is 2.47. The fourth-order valence-corrected chi connectivity index (χ4v) is 5.03. The second kappa shape index (κ2) is 7.88. The molecule has 1 saturated heterocycles. The number of halogens is 1. The van der Waals surface area contributed by atoms with Gasteiger partial charge in [0.25, 0.3) is 5.91 Å². The van der Waals surface area contributed by atoms with Crippen molar-refractivity contribution in [2.75, 3.05) is 6.54 Å². The Morgan fingerprint density at radius 2 is 2.00 bits per heavy atom. The van der Waals surface area contributed by atoms with Gasteiger partial charge in [-0.2, -0.15) is 0 Å². The van der Waals surface area contributed by atoms with Crippen molar-refractivity contribution >= 4 is 38.4 Å². The normalized spacial score (nSPS) is 23.8. The number of carbonyl (C=O) groups excluding carboxylic acids is 2. The molecule has 0 spiro atoms. The van der Waals surface area contributed by atoms with Crippen molar-refractivity contribution in [1.82, 2.24) is 4.90 Å². The highest BCUT2D eigenvalue weighted by Gasteiger charge is 2.57. The van der Waals surface area contributed by atoms with E-state index >= 15 is 0 Å². The Hall–Kier alpha value is -2.24. The van der Waals surface area contributed by atoms with Gasteiger partial charge in [-0.05, 0) is 45.6 Å². The summed E-state index contributed by atoms with van der Waals surface area (Å²) in [6.07, 6.45) is 5.99. The molecule has 1 heterocycles. The molecule has 1 aliphatic carbocycles. The SMILES string of the molecule is CCCCN1C(=O)C(O)(CC(=O)c2ccc3ccccc3c2)C2CC=CC(Br)=C21. The third-order valence-electron chi connectivity index (χ3n) is 5.93. The van der Waals surface area contributed by atoms with Crippen molar-refractivity contribution in [3.8, 4) is 0 Å². The predicted octanol–water partition coefficient (Wildman–Crippen LogP) is 4.97. The average Bonchev–Trinajstić information content (AvgIpc) is 2.94. The summed E-state index contributed by atoms with van der Waals surface area (Å²) in [4.78, 5) is 28.0. The van der Waals surface area contributed by atoms with Crippen LogP contribution in [0.5, 0.6) is 0 Å². The molecule has 4 nitrogen and oxygen atoms in total. The van der Waals surface area contributed by atoms with Crippen LogP contribution in [-0.2, 0) is 4.79 Å². The number of benzene rings is 2. The van der Waals surface area contributed by atoms with Crippen molar-refractivity contribution in [2.45, 2.75) is 38.2 Å². The zero-order chi connectivity index (χ0) is 20.6. The lowest BCUT2D eigenvalue weighted by Crippen LogP contribution is -2.45.